The highest BCUT2D eigenvalue weighted by atomic mass is 15.3. The molecule has 1 aromatic heterocycles. The molecular weight excluding hydrogens is 222 g/mol. The molecule has 1 aromatic carbocycles. The highest BCUT2D eigenvalue weighted by Gasteiger charge is 2.09. The van der Waals surface area contributed by atoms with E-state index in [1.165, 1.54) is 5.56 Å². The fraction of sp³-hybridized carbons (Fsp3) is 0.267. The zero-order valence-corrected chi connectivity index (χ0v) is 10.3. The molecule has 18 heavy (non-hydrogen) atoms. The van der Waals surface area contributed by atoms with Crippen molar-refractivity contribution in [3.05, 3.63) is 60.4 Å². The Morgan fingerprint density at radius 3 is 2.72 bits per heavy atom. The number of nitrogens with one attached hydrogen (secondary N) is 1. The Bertz CT molecular complexity index is 520. The van der Waals surface area contributed by atoms with Gasteiger partial charge in [-0.25, -0.2) is 4.68 Å². The molecular formula is C15H17N3. The number of benzene rings is 1. The van der Waals surface area contributed by atoms with Crippen LogP contribution in [0.2, 0.25) is 0 Å². The topological polar surface area (TPSA) is 29.9 Å². The van der Waals surface area contributed by atoms with Crippen molar-refractivity contribution in [2.75, 3.05) is 0 Å². The van der Waals surface area contributed by atoms with Crippen molar-refractivity contribution in [2.45, 2.75) is 25.4 Å². The average molecular weight is 239 g/mol. The largest absolute Gasteiger partial charge is 0.309 e. The van der Waals surface area contributed by atoms with E-state index in [9.17, 15) is 0 Å². The van der Waals surface area contributed by atoms with Crippen LogP contribution < -0.4 is 5.32 Å². The van der Waals surface area contributed by atoms with Gasteiger partial charge in [0, 0.05) is 24.3 Å². The number of aromatic nitrogens is 2. The minimum Gasteiger partial charge on any atom is -0.309 e. The zero-order chi connectivity index (χ0) is 12.2. The molecule has 0 amide bonds. The van der Waals surface area contributed by atoms with Gasteiger partial charge in [-0.1, -0.05) is 30.4 Å². The average Bonchev–Trinajstić information content (AvgIpc) is 3.09. The Labute approximate surface area is 107 Å². The summed E-state index contributed by atoms with van der Waals surface area (Å²) in [6, 6.07) is 10.8. The van der Waals surface area contributed by atoms with Crippen molar-refractivity contribution >= 4 is 0 Å². The quantitative estimate of drug-likeness (QED) is 0.831. The Kier molecular flexibility index (Phi) is 3.24. The third-order valence-corrected chi connectivity index (χ3v) is 3.26. The van der Waals surface area contributed by atoms with Crippen LogP contribution in [-0.4, -0.2) is 15.8 Å². The lowest BCUT2D eigenvalue weighted by Gasteiger charge is -2.10. The van der Waals surface area contributed by atoms with Crippen LogP contribution in [0.4, 0.5) is 0 Å². The second-order valence-electron chi connectivity index (χ2n) is 4.65. The first kappa shape index (κ1) is 11.2. The van der Waals surface area contributed by atoms with E-state index in [1.54, 1.807) is 0 Å². The van der Waals surface area contributed by atoms with E-state index >= 15 is 0 Å². The molecule has 2 aromatic rings. The summed E-state index contributed by atoms with van der Waals surface area (Å²) in [6.45, 7) is 0.888. The van der Waals surface area contributed by atoms with E-state index in [4.69, 9.17) is 0 Å². The van der Waals surface area contributed by atoms with Gasteiger partial charge in [-0.2, -0.15) is 5.10 Å². The van der Waals surface area contributed by atoms with E-state index in [0.29, 0.717) is 6.04 Å². The van der Waals surface area contributed by atoms with Crippen molar-refractivity contribution in [2.24, 2.45) is 0 Å². The first-order valence-corrected chi connectivity index (χ1v) is 6.39. The fourth-order valence-corrected chi connectivity index (χ4v) is 2.22. The van der Waals surface area contributed by atoms with E-state index in [0.717, 1.165) is 25.1 Å². The van der Waals surface area contributed by atoms with Gasteiger partial charge in [0.2, 0.25) is 0 Å². The van der Waals surface area contributed by atoms with Crippen LogP contribution in [0.5, 0.6) is 0 Å². The number of para-hydroxylation sites is 1. The molecule has 3 nitrogen and oxygen atoms in total. The van der Waals surface area contributed by atoms with Crippen LogP contribution >= 0.6 is 0 Å². The van der Waals surface area contributed by atoms with Crippen LogP contribution in [0.1, 0.15) is 18.4 Å². The molecule has 0 saturated carbocycles. The Morgan fingerprint density at radius 1 is 1.17 bits per heavy atom. The SMILES string of the molecule is C1=CCC(NCc2cnn(-c3ccccc3)c2)C1. The molecule has 92 valence electrons. The van der Waals surface area contributed by atoms with Crippen molar-refractivity contribution < 1.29 is 0 Å². The Balaban J connectivity index is 1.63. The summed E-state index contributed by atoms with van der Waals surface area (Å²) in [5, 5.41) is 7.94. The number of hydrogen-bond acceptors (Lipinski definition) is 2. The van der Waals surface area contributed by atoms with Gasteiger partial charge in [0.15, 0.2) is 0 Å². The first-order chi connectivity index (χ1) is 8.92. The minimum atomic E-state index is 0.602. The monoisotopic (exact) mass is 239 g/mol. The summed E-state index contributed by atoms with van der Waals surface area (Å²) < 4.78 is 1.92. The van der Waals surface area contributed by atoms with Gasteiger partial charge in [0.05, 0.1) is 11.9 Å². The molecule has 3 heteroatoms. The molecule has 0 bridgehead atoms. The first-order valence-electron chi connectivity index (χ1n) is 6.39. The van der Waals surface area contributed by atoms with Gasteiger partial charge in [-0.05, 0) is 25.0 Å². The lowest BCUT2D eigenvalue weighted by atomic mass is 10.2. The van der Waals surface area contributed by atoms with Gasteiger partial charge in [0.1, 0.15) is 0 Å². The van der Waals surface area contributed by atoms with Crippen LogP contribution in [0.3, 0.4) is 0 Å². The zero-order valence-electron chi connectivity index (χ0n) is 10.3. The summed E-state index contributed by atoms with van der Waals surface area (Å²) in [6.07, 6.45) is 10.8. The Hall–Kier alpha value is -1.87. The molecule has 0 aliphatic heterocycles. The highest BCUT2D eigenvalue weighted by molar-refractivity contribution is 5.30. The molecule has 1 aliphatic rings. The summed E-state index contributed by atoms with van der Waals surface area (Å²) in [7, 11) is 0. The van der Waals surface area contributed by atoms with Gasteiger partial charge >= 0.3 is 0 Å². The van der Waals surface area contributed by atoms with Gasteiger partial charge in [-0.15, -0.1) is 0 Å². The molecule has 1 aliphatic carbocycles. The predicted molar refractivity (Wildman–Crippen MR) is 72.6 cm³/mol. The third-order valence-electron chi connectivity index (χ3n) is 3.26. The standard InChI is InChI=1S/C15H17N3/c1-2-8-15(9-3-1)18-12-13(11-17-18)10-16-14-6-4-5-7-14/h1-5,8-9,11-12,14,16H,6-7,10H2. The minimum absolute atomic E-state index is 0.602. The number of hydrogen-bond donors (Lipinski definition) is 1. The van der Waals surface area contributed by atoms with Crippen molar-refractivity contribution in [1.29, 1.82) is 0 Å². The summed E-state index contributed by atoms with van der Waals surface area (Å²) in [5.74, 6) is 0. The maximum atomic E-state index is 4.39. The molecule has 0 radical (unpaired) electrons. The van der Waals surface area contributed by atoms with E-state index in [-0.39, 0.29) is 0 Å². The summed E-state index contributed by atoms with van der Waals surface area (Å²) >= 11 is 0. The predicted octanol–water partition coefficient (Wildman–Crippen LogP) is 2.68. The van der Waals surface area contributed by atoms with Crippen LogP contribution in [0.25, 0.3) is 5.69 Å². The second kappa shape index (κ2) is 5.19. The lowest BCUT2D eigenvalue weighted by molar-refractivity contribution is 0.538. The van der Waals surface area contributed by atoms with Crippen LogP contribution in [0, 0.1) is 0 Å². The van der Waals surface area contributed by atoms with E-state index in [2.05, 4.69) is 40.9 Å². The third kappa shape index (κ3) is 2.51. The molecule has 0 spiro atoms. The van der Waals surface area contributed by atoms with Crippen molar-refractivity contribution in [3.63, 3.8) is 0 Å². The summed E-state index contributed by atoms with van der Waals surface area (Å²) in [5.41, 5.74) is 2.33. The molecule has 1 heterocycles. The van der Waals surface area contributed by atoms with Gasteiger partial charge < -0.3 is 5.32 Å². The lowest BCUT2D eigenvalue weighted by Crippen LogP contribution is -2.25. The number of rotatable bonds is 4. The molecule has 3 rings (SSSR count). The van der Waals surface area contributed by atoms with Crippen LogP contribution in [-0.2, 0) is 6.54 Å². The van der Waals surface area contributed by atoms with Crippen LogP contribution in [0.15, 0.2) is 54.9 Å². The number of nitrogens with zero attached hydrogens (tertiary/aromatic N) is 2. The van der Waals surface area contributed by atoms with Gasteiger partial charge in [-0.3, -0.25) is 0 Å². The maximum Gasteiger partial charge on any atom is 0.0645 e. The Morgan fingerprint density at radius 2 is 1.94 bits per heavy atom. The summed E-state index contributed by atoms with van der Waals surface area (Å²) in [4.78, 5) is 0. The normalized spacial score (nSPS) is 15.3. The molecule has 0 atom stereocenters. The maximum absolute atomic E-state index is 4.39. The van der Waals surface area contributed by atoms with Crippen molar-refractivity contribution in [1.82, 2.24) is 15.1 Å². The molecule has 0 saturated heterocycles. The van der Waals surface area contributed by atoms with Crippen molar-refractivity contribution in [3.8, 4) is 5.69 Å². The molecule has 0 fully saturated rings. The van der Waals surface area contributed by atoms with Gasteiger partial charge in [0.25, 0.3) is 0 Å². The molecule has 0 unspecified atom stereocenters. The fourth-order valence-electron chi connectivity index (χ4n) is 2.22. The second-order valence-corrected chi connectivity index (χ2v) is 4.65. The van der Waals surface area contributed by atoms with E-state index < -0.39 is 0 Å². The van der Waals surface area contributed by atoms with E-state index in [1.807, 2.05) is 29.1 Å². The highest BCUT2D eigenvalue weighted by Crippen LogP contribution is 2.11. The molecule has 1 N–H and O–H groups in total. The smallest absolute Gasteiger partial charge is 0.0645 e.